The minimum atomic E-state index is 0.0899. The van der Waals surface area contributed by atoms with Crippen LogP contribution in [0.25, 0.3) is 0 Å². The molecule has 0 aromatic rings. The van der Waals surface area contributed by atoms with Gasteiger partial charge in [-0.15, -0.1) is 0 Å². The van der Waals surface area contributed by atoms with Crippen LogP contribution in [0.2, 0.25) is 0 Å². The lowest BCUT2D eigenvalue weighted by molar-refractivity contribution is -0.128. The summed E-state index contributed by atoms with van der Waals surface area (Å²) in [4.78, 5) is 12.4. The van der Waals surface area contributed by atoms with Gasteiger partial charge in [0.1, 0.15) is 0 Å². The zero-order valence-electron chi connectivity index (χ0n) is 12.0. The van der Waals surface area contributed by atoms with E-state index in [0.29, 0.717) is 12.5 Å². The van der Waals surface area contributed by atoms with Gasteiger partial charge in [-0.2, -0.15) is 0 Å². The first-order chi connectivity index (χ1) is 8.41. The molecule has 4 atom stereocenters. The first-order valence-corrected chi connectivity index (χ1v) is 7.42. The summed E-state index contributed by atoms with van der Waals surface area (Å²) < 4.78 is 0. The van der Waals surface area contributed by atoms with Crippen LogP contribution in [0.5, 0.6) is 0 Å². The van der Waals surface area contributed by atoms with E-state index in [9.17, 15) is 4.79 Å². The largest absolute Gasteiger partial charge is 0.353 e. The molecule has 3 heteroatoms. The Morgan fingerprint density at radius 2 is 2.06 bits per heavy atom. The average Bonchev–Trinajstić information content (AvgIpc) is 2.88. The Kier molecular flexibility index (Phi) is 4.00. The van der Waals surface area contributed by atoms with Crippen LogP contribution >= 0.6 is 0 Å². The molecule has 0 heterocycles. The third-order valence-electron chi connectivity index (χ3n) is 4.89. The maximum Gasteiger partial charge on any atom is 0.223 e. The molecule has 2 aliphatic rings. The van der Waals surface area contributed by atoms with Crippen molar-refractivity contribution in [3.05, 3.63) is 0 Å². The summed E-state index contributed by atoms with van der Waals surface area (Å²) >= 11 is 0. The summed E-state index contributed by atoms with van der Waals surface area (Å²) in [7, 11) is 0. The van der Waals surface area contributed by atoms with Crippen molar-refractivity contribution in [2.75, 3.05) is 6.54 Å². The normalized spacial score (nSPS) is 32.6. The van der Waals surface area contributed by atoms with Crippen molar-refractivity contribution in [1.82, 2.24) is 5.32 Å². The maximum atomic E-state index is 12.4. The van der Waals surface area contributed by atoms with Gasteiger partial charge >= 0.3 is 0 Å². The van der Waals surface area contributed by atoms with E-state index in [0.717, 1.165) is 18.8 Å². The number of carbonyl (C=O) groups is 1. The Hall–Kier alpha value is -0.570. The molecule has 0 radical (unpaired) electrons. The molecule has 0 aromatic carbocycles. The second-order valence-corrected chi connectivity index (χ2v) is 7.29. The van der Waals surface area contributed by atoms with E-state index in [1.165, 1.54) is 19.3 Å². The lowest BCUT2D eigenvalue weighted by Gasteiger charge is -2.33. The molecule has 0 spiro atoms. The average molecular weight is 252 g/mol. The summed E-state index contributed by atoms with van der Waals surface area (Å²) in [6, 6.07) is 0.203. The molecule has 2 saturated carbocycles. The van der Waals surface area contributed by atoms with Crippen molar-refractivity contribution in [2.24, 2.45) is 28.9 Å². The molecule has 3 N–H and O–H groups in total. The number of nitrogens with one attached hydrogen (secondary N) is 1. The van der Waals surface area contributed by atoms with E-state index >= 15 is 0 Å². The predicted molar refractivity (Wildman–Crippen MR) is 74.0 cm³/mol. The summed E-state index contributed by atoms with van der Waals surface area (Å²) in [5.41, 5.74) is 5.75. The Labute approximate surface area is 111 Å². The molecule has 0 aliphatic heterocycles. The van der Waals surface area contributed by atoms with E-state index in [1.54, 1.807) is 0 Å². The van der Waals surface area contributed by atoms with Crippen molar-refractivity contribution < 1.29 is 4.79 Å². The highest BCUT2D eigenvalue weighted by atomic mass is 16.2. The van der Waals surface area contributed by atoms with Crippen LogP contribution in [0.3, 0.4) is 0 Å². The molecule has 2 fully saturated rings. The smallest absolute Gasteiger partial charge is 0.223 e. The first-order valence-electron chi connectivity index (χ1n) is 7.42. The van der Waals surface area contributed by atoms with E-state index in [-0.39, 0.29) is 23.3 Å². The Morgan fingerprint density at radius 1 is 1.33 bits per heavy atom. The molecule has 0 saturated heterocycles. The summed E-state index contributed by atoms with van der Waals surface area (Å²) in [5, 5.41) is 3.27. The van der Waals surface area contributed by atoms with Gasteiger partial charge in [0, 0.05) is 12.0 Å². The molecule has 4 unspecified atom stereocenters. The highest BCUT2D eigenvalue weighted by Crippen LogP contribution is 2.48. The Bertz CT molecular complexity index is 308. The van der Waals surface area contributed by atoms with Crippen molar-refractivity contribution in [3.63, 3.8) is 0 Å². The molecule has 1 amide bonds. The summed E-state index contributed by atoms with van der Waals surface area (Å²) in [6.45, 7) is 7.16. The summed E-state index contributed by atoms with van der Waals surface area (Å²) in [5.74, 6) is 2.06. The van der Waals surface area contributed by atoms with Crippen molar-refractivity contribution >= 4 is 5.91 Å². The fourth-order valence-corrected chi connectivity index (χ4v) is 3.73. The highest BCUT2D eigenvalue weighted by Gasteiger charge is 2.43. The van der Waals surface area contributed by atoms with Gasteiger partial charge in [0.25, 0.3) is 0 Å². The number of fused-ring (bicyclic) bond motifs is 2. The van der Waals surface area contributed by atoms with E-state index < -0.39 is 0 Å². The Balaban J connectivity index is 1.93. The molecule has 18 heavy (non-hydrogen) atoms. The third kappa shape index (κ3) is 2.87. The minimum absolute atomic E-state index is 0.0899. The van der Waals surface area contributed by atoms with Crippen LogP contribution in [-0.4, -0.2) is 18.5 Å². The predicted octanol–water partition coefficient (Wildman–Crippen LogP) is 2.30. The van der Waals surface area contributed by atoms with E-state index in [2.05, 4.69) is 26.1 Å². The number of nitrogens with two attached hydrogens (primary N) is 1. The van der Waals surface area contributed by atoms with Gasteiger partial charge in [-0.3, -0.25) is 4.79 Å². The van der Waals surface area contributed by atoms with Crippen molar-refractivity contribution in [1.29, 1.82) is 0 Å². The van der Waals surface area contributed by atoms with Crippen LogP contribution in [0.15, 0.2) is 0 Å². The minimum Gasteiger partial charge on any atom is -0.353 e. The molecule has 3 nitrogen and oxygen atoms in total. The van der Waals surface area contributed by atoms with Crippen molar-refractivity contribution in [3.8, 4) is 0 Å². The monoisotopic (exact) mass is 252 g/mol. The standard InChI is InChI=1S/C15H28N2O/c1-15(2,3)13(6-7-16)17-14(18)12-9-10-4-5-11(12)8-10/h10-13H,4-9,16H2,1-3H3,(H,17,18). The lowest BCUT2D eigenvalue weighted by Crippen LogP contribution is -2.47. The molecule has 2 aliphatic carbocycles. The summed E-state index contributed by atoms with van der Waals surface area (Å²) in [6.07, 6.45) is 5.89. The van der Waals surface area contributed by atoms with Gasteiger partial charge in [-0.05, 0) is 49.5 Å². The molecule has 2 bridgehead atoms. The topological polar surface area (TPSA) is 55.1 Å². The van der Waals surface area contributed by atoms with Crippen LogP contribution in [0.4, 0.5) is 0 Å². The number of rotatable bonds is 4. The van der Waals surface area contributed by atoms with Crippen LogP contribution < -0.4 is 11.1 Å². The quantitative estimate of drug-likeness (QED) is 0.806. The van der Waals surface area contributed by atoms with Crippen LogP contribution in [-0.2, 0) is 4.79 Å². The third-order valence-corrected chi connectivity index (χ3v) is 4.89. The second-order valence-electron chi connectivity index (χ2n) is 7.29. The first kappa shape index (κ1) is 13.9. The maximum absolute atomic E-state index is 12.4. The van der Waals surface area contributed by atoms with E-state index in [4.69, 9.17) is 5.73 Å². The fraction of sp³-hybridized carbons (Fsp3) is 0.933. The zero-order chi connectivity index (χ0) is 13.3. The van der Waals surface area contributed by atoms with Gasteiger partial charge in [0.2, 0.25) is 5.91 Å². The lowest BCUT2D eigenvalue weighted by atomic mass is 9.83. The fourth-order valence-electron chi connectivity index (χ4n) is 3.73. The number of amides is 1. The molecule has 104 valence electrons. The van der Waals surface area contributed by atoms with Crippen LogP contribution in [0.1, 0.15) is 52.9 Å². The number of carbonyl (C=O) groups excluding carboxylic acids is 1. The van der Waals surface area contributed by atoms with Crippen LogP contribution in [0, 0.1) is 23.2 Å². The second kappa shape index (κ2) is 5.20. The zero-order valence-corrected chi connectivity index (χ0v) is 12.0. The van der Waals surface area contributed by atoms with E-state index in [1.807, 2.05) is 0 Å². The number of hydrogen-bond donors (Lipinski definition) is 2. The molecular weight excluding hydrogens is 224 g/mol. The van der Waals surface area contributed by atoms with Gasteiger partial charge in [-0.1, -0.05) is 27.2 Å². The van der Waals surface area contributed by atoms with Gasteiger partial charge < -0.3 is 11.1 Å². The van der Waals surface area contributed by atoms with Gasteiger partial charge in [0.15, 0.2) is 0 Å². The SMILES string of the molecule is CC(C)(C)C(CCN)NC(=O)C1CC2CCC1C2. The number of hydrogen-bond acceptors (Lipinski definition) is 2. The van der Waals surface area contributed by atoms with Gasteiger partial charge in [-0.25, -0.2) is 0 Å². The van der Waals surface area contributed by atoms with Crippen molar-refractivity contribution in [2.45, 2.75) is 58.9 Å². The Morgan fingerprint density at radius 3 is 2.50 bits per heavy atom. The van der Waals surface area contributed by atoms with Gasteiger partial charge in [0.05, 0.1) is 0 Å². The molecule has 0 aromatic heterocycles. The molecule has 2 rings (SSSR count). The molecular formula is C15H28N2O. The highest BCUT2D eigenvalue weighted by molar-refractivity contribution is 5.79.